The van der Waals surface area contributed by atoms with Crippen LogP contribution in [0.3, 0.4) is 0 Å². The molecule has 0 bridgehead atoms. The Morgan fingerprint density at radius 1 is 1.03 bits per heavy atom. The summed E-state index contributed by atoms with van der Waals surface area (Å²) in [5.41, 5.74) is 1.51. The van der Waals surface area contributed by atoms with Gasteiger partial charge >= 0.3 is 5.97 Å². The van der Waals surface area contributed by atoms with Gasteiger partial charge in [0.1, 0.15) is 17.5 Å². The summed E-state index contributed by atoms with van der Waals surface area (Å²) < 4.78 is 33.4. The van der Waals surface area contributed by atoms with Crippen molar-refractivity contribution in [3.8, 4) is 5.69 Å². The Morgan fingerprint density at radius 3 is 2.23 bits per heavy atom. The van der Waals surface area contributed by atoms with Crippen molar-refractivity contribution >= 4 is 11.9 Å². The number of likely N-dealkylation sites (tertiary alicyclic amines) is 1. The number of amides is 1. The first-order chi connectivity index (χ1) is 16.9. The molecule has 1 aromatic heterocycles. The number of benzene rings is 2. The number of aromatic nitrogens is 3. The average Bonchev–Trinajstić information content (AvgIpc) is 3.25. The largest absolute Gasteiger partial charge is 0.466 e. The summed E-state index contributed by atoms with van der Waals surface area (Å²) >= 11 is 0. The maximum Gasteiger partial charge on any atom is 0.306 e. The van der Waals surface area contributed by atoms with Crippen molar-refractivity contribution in [3.05, 3.63) is 77.4 Å². The first-order valence-electron chi connectivity index (χ1n) is 11.8. The Bertz CT molecular complexity index is 1170. The SMILES string of the molecule is CCOC(=O)C[C@@H](c1ccc(F)cc1)C1CCN(C(=O)c2nc(C)n(-c3ccc(F)cc3)n2)CC1. The standard InChI is InChI=1S/C26H28F2N4O3/c1-3-35-24(33)16-23(18-4-6-20(27)7-5-18)19-12-14-31(15-13-19)26(34)25-29-17(2)32(30-25)22-10-8-21(28)9-11-22/h4-11,19,23H,3,12-16H2,1-2H3/t23-/m0/s1. The van der Waals surface area contributed by atoms with Gasteiger partial charge in [0.25, 0.3) is 5.91 Å². The zero-order valence-electron chi connectivity index (χ0n) is 19.8. The van der Waals surface area contributed by atoms with Crippen LogP contribution in [0.1, 0.15) is 54.1 Å². The van der Waals surface area contributed by atoms with E-state index in [1.165, 1.54) is 28.9 Å². The lowest BCUT2D eigenvalue weighted by molar-refractivity contribution is -0.144. The average molecular weight is 483 g/mol. The van der Waals surface area contributed by atoms with Gasteiger partial charge in [-0.3, -0.25) is 9.59 Å². The summed E-state index contributed by atoms with van der Waals surface area (Å²) in [5, 5.41) is 4.35. The zero-order valence-corrected chi connectivity index (χ0v) is 19.8. The maximum atomic E-state index is 13.5. The molecule has 0 radical (unpaired) electrons. The van der Waals surface area contributed by atoms with Crippen LogP contribution in [0.4, 0.5) is 8.78 Å². The predicted molar refractivity (Wildman–Crippen MR) is 125 cm³/mol. The van der Waals surface area contributed by atoms with Crippen molar-refractivity contribution in [2.75, 3.05) is 19.7 Å². The molecule has 1 amide bonds. The van der Waals surface area contributed by atoms with E-state index in [4.69, 9.17) is 4.74 Å². The van der Waals surface area contributed by atoms with Gasteiger partial charge in [-0.1, -0.05) is 12.1 Å². The Morgan fingerprint density at radius 2 is 1.63 bits per heavy atom. The first kappa shape index (κ1) is 24.5. The van der Waals surface area contributed by atoms with Crippen molar-refractivity contribution in [2.24, 2.45) is 5.92 Å². The number of piperidine rings is 1. The minimum Gasteiger partial charge on any atom is -0.466 e. The van der Waals surface area contributed by atoms with Crippen molar-refractivity contribution in [1.82, 2.24) is 19.7 Å². The molecular weight excluding hydrogens is 454 g/mol. The van der Waals surface area contributed by atoms with E-state index < -0.39 is 0 Å². The number of esters is 1. The molecule has 3 aromatic rings. The lowest BCUT2D eigenvalue weighted by Gasteiger charge is -2.35. The molecule has 1 fully saturated rings. The van der Waals surface area contributed by atoms with Gasteiger partial charge in [0.05, 0.1) is 18.7 Å². The third kappa shape index (κ3) is 5.72. The van der Waals surface area contributed by atoms with Crippen LogP contribution in [0.25, 0.3) is 5.69 Å². The third-order valence-corrected chi connectivity index (χ3v) is 6.42. The van der Waals surface area contributed by atoms with E-state index in [2.05, 4.69) is 10.1 Å². The molecule has 35 heavy (non-hydrogen) atoms. The van der Waals surface area contributed by atoms with E-state index in [-0.39, 0.29) is 47.6 Å². The fourth-order valence-electron chi connectivity index (χ4n) is 4.62. The molecule has 1 aliphatic heterocycles. The van der Waals surface area contributed by atoms with Gasteiger partial charge in [-0.05, 0) is 80.5 Å². The molecule has 0 N–H and O–H groups in total. The summed E-state index contributed by atoms with van der Waals surface area (Å²) in [6.45, 7) is 4.80. The number of hydrogen-bond donors (Lipinski definition) is 0. The molecule has 1 saturated heterocycles. The van der Waals surface area contributed by atoms with E-state index in [0.717, 1.165) is 5.56 Å². The Kier molecular flexibility index (Phi) is 7.53. The van der Waals surface area contributed by atoms with Crippen molar-refractivity contribution in [3.63, 3.8) is 0 Å². The Labute approximate surface area is 202 Å². The lowest BCUT2D eigenvalue weighted by Crippen LogP contribution is -2.40. The highest BCUT2D eigenvalue weighted by molar-refractivity contribution is 5.90. The van der Waals surface area contributed by atoms with Crippen LogP contribution in [0, 0.1) is 24.5 Å². The second-order valence-corrected chi connectivity index (χ2v) is 8.67. The molecule has 2 aromatic carbocycles. The second-order valence-electron chi connectivity index (χ2n) is 8.67. The fourth-order valence-corrected chi connectivity index (χ4v) is 4.62. The molecule has 2 heterocycles. The van der Waals surface area contributed by atoms with E-state index in [1.54, 1.807) is 43.0 Å². The maximum absolute atomic E-state index is 13.5. The quantitative estimate of drug-likeness (QED) is 0.465. The molecule has 9 heteroatoms. The van der Waals surface area contributed by atoms with Gasteiger partial charge in [-0.25, -0.2) is 18.4 Å². The van der Waals surface area contributed by atoms with E-state index in [9.17, 15) is 18.4 Å². The highest BCUT2D eigenvalue weighted by Gasteiger charge is 2.32. The van der Waals surface area contributed by atoms with E-state index in [1.807, 2.05) is 0 Å². The van der Waals surface area contributed by atoms with Gasteiger partial charge in [0.2, 0.25) is 5.82 Å². The summed E-state index contributed by atoms with van der Waals surface area (Å²) in [5.74, 6) is -0.597. The summed E-state index contributed by atoms with van der Waals surface area (Å²) in [7, 11) is 0. The Hall–Kier alpha value is -3.62. The van der Waals surface area contributed by atoms with E-state index in [0.29, 0.717) is 44.0 Å². The number of halogens is 2. The first-order valence-corrected chi connectivity index (χ1v) is 11.8. The van der Waals surface area contributed by atoms with Crippen molar-refractivity contribution < 1.29 is 23.1 Å². The van der Waals surface area contributed by atoms with E-state index >= 15 is 0 Å². The number of rotatable bonds is 7. The number of carbonyl (C=O) groups is 2. The Balaban J connectivity index is 1.45. The molecule has 184 valence electrons. The number of hydrogen-bond acceptors (Lipinski definition) is 5. The monoisotopic (exact) mass is 482 g/mol. The number of aryl methyl sites for hydroxylation is 1. The van der Waals surface area contributed by atoms with Gasteiger partial charge in [0, 0.05) is 13.1 Å². The minimum atomic E-state index is -0.354. The number of carbonyl (C=O) groups excluding carboxylic acids is 2. The van der Waals surface area contributed by atoms with Crippen LogP contribution in [-0.4, -0.2) is 51.2 Å². The van der Waals surface area contributed by atoms with Crippen molar-refractivity contribution in [1.29, 1.82) is 0 Å². The topological polar surface area (TPSA) is 77.3 Å². The van der Waals surface area contributed by atoms with Gasteiger partial charge in [-0.2, -0.15) is 0 Å². The molecule has 0 spiro atoms. The van der Waals surface area contributed by atoms with Crippen LogP contribution in [-0.2, 0) is 9.53 Å². The number of ether oxygens (including phenoxy) is 1. The van der Waals surface area contributed by atoms with Crippen LogP contribution in [0.15, 0.2) is 48.5 Å². The number of nitrogens with zero attached hydrogens (tertiary/aromatic N) is 4. The fraction of sp³-hybridized carbons (Fsp3) is 0.385. The van der Waals surface area contributed by atoms with Crippen LogP contribution < -0.4 is 0 Å². The smallest absolute Gasteiger partial charge is 0.306 e. The summed E-state index contributed by atoms with van der Waals surface area (Å²) in [4.78, 5) is 31.4. The van der Waals surface area contributed by atoms with Crippen LogP contribution in [0.2, 0.25) is 0 Å². The molecule has 0 aliphatic carbocycles. The predicted octanol–water partition coefficient (Wildman–Crippen LogP) is 4.44. The molecule has 0 unspecified atom stereocenters. The zero-order chi connectivity index (χ0) is 24.9. The summed E-state index contributed by atoms with van der Waals surface area (Å²) in [6, 6.07) is 12.0. The van der Waals surface area contributed by atoms with Gasteiger partial charge in [0.15, 0.2) is 0 Å². The molecule has 0 saturated carbocycles. The highest BCUT2D eigenvalue weighted by atomic mass is 19.1. The summed E-state index contributed by atoms with van der Waals surface area (Å²) in [6.07, 6.45) is 1.58. The van der Waals surface area contributed by atoms with Crippen molar-refractivity contribution in [2.45, 2.75) is 39.0 Å². The van der Waals surface area contributed by atoms with Gasteiger partial charge < -0.3 is 9.64 Å². The highest BCUT2D eigenvalue weighted by Crippen LogP contribution is 2.36. The minimum absolute atomic E-state index is 0.0897. The van der Waals surface area contributed by atoms with Crippen LogP contribution in [0.5, 0.6) is 0 Å². The molecule has 1 aliphatic rings. The normalized spacial score (nSPS) is 15.1. The second kappa shape index (κ2) is 10.8. The van der Waals surface area contributed by atoms with Gasteiger partial charge in [-0.15, -0.1) is 5.10 Å². The molecule has 1 atom stereocenters. The molecule has 7 nitrogen and oxygen atoms in total. The molecule has 4 rings (SSSR count). The lowest BCUT2D eigenvalue weighted by atomic mass is 9.78. The molecular formula is C26H28F2N4O3. The van der Waals surface area contributed by atoms with Crippen LogP contribution >= 0.6 is 0 Å². The third-order valence-electron chi connectivity index (χ3n) is 6.42.